The minimum atomic E-state index is -0.602. The molecule has 4 rings (SSSR count). The van der Waals surface area contributed by atoms with E-state index in [9.17, 15) is 19.8 Å². The van der Waals surface area contributed by atoms with E-state index in [0.717, 1.165) is 0 Å². The van der Waals surface area contributed by atoms with Crippen LogP contribution in [0, 0.1) is 0 Å². The number of aromatic amines is 1. The quantitative estimate of drug-likeness (QED) is 0.375. The van der Waals surface area contributed by atoms with Crippen molar-refractivity contribution in [3.05, 3.63) is 82.8 Å². The Balaban J connectivity index is 1.68. The van der Waals surface area contributed by atoms with Crippen molar-refractivity contribution in [3.63, 3.8) is 0 Å². The zero-order chi connectivity index (χ0) is 19.7. The van der Waals surface area contributed by atoms with Crippen molar-refractivity contribution < 1.29 is 19.7 Å². The maximum Gasteiger partial charge on any atom is 0.345 e. The molecule has 0 atom stereocenters. The molecule has 0 fully saturated rings. The van der Waals surface area contributed by atoms with Gasteiger partial charge >= 0.3 is 5.97 Å². The smallest absolute Gasteiger partial charge is 0.345 e. The van der Waals surface area contributed by atoms with Gasteiger partial charge in [0.25, 0.3) is 0 Å². The molecule has 0 saturated heterocycles. The number of carbonyl (C=O) groups excluding carboxylic acids is 1. The minimum Gasteiger partial charge on any atom is -0.508 e. The number of phenols is 2. The van der Waals surface area contributed by atoms with Crippen molar-refractivity contribution in [2.24, 2.45) is 0 Å². The molecular formula is C21H14N2O5. The van der Waals surface area contributed by atoms with Crippen molar-refractivity contribution in [1.29, 1.82) is 0 Å². The first kappa shape index (κ1) is 17.3. The van der Waals surface area contributed by atoms with E-state index in [1.54, 1.807) is 18.3 Å². The number of esters is 1. The molecule has 2 aromatic heterocycles. The minimum absolute atomic E-state index is 0.0159. The molecule has 4 aromatic rings. The van der Waals surface area contributed by atoms with Gasteiger partial charge in [-0.05, 0) is 36.4 Å². The molecule has 2 aromatic carbocycles. The summed E-state index contributed by atoms with van der Waals surface area (Å²) in [5.41, 5.74) is 1.18. The number of aromatic nitrogens is 2. The van der Waals surface area contributed by atoms with E-state index in [0.29, 0.717) is 22.2 Å². The van der Waals surface area contributed by atoms with Gasteiger partial charge in [-0.3, -0.25) is 9.78 Å². The van der Waals surface area contributed by atoms with Gasteiger partial charge in [0.1, 0.15) is 17.2 Å². The zero-order valence-electron chi connectivity index (χ0n) is 14.4. The van der Waals surface area contributed by atoms with Gasteiger partial charge < -0.3 is 19.9 Å². The van der Waals surface area contributed by atoms with Crippen LogP contribution in [0.25, 0.3) is 22.2 Å². The summed E-state index contributed by atoms with van der Waals surface area (Å²) in [4.78, 5) is 31.3. The Morgan fingerprint density at radius 2 is 1.89 bits per heavy atom. The topological polar surface area (TPSA) is 113 Å². The van der Waals surface area contributed by atoms with Gasteiger partial charge in [-0.15, -0.1) is 0 Å². The number of fused-ring (bicyclic) bond motifs is 1. The van der Waals surface area contributed by atoms with Crippen LogP contribution in [0.4, 0.5) is 0 Å². The highest BCUT2D eigenvalue weighted by molar-refractivity contribution is 5.91. The number of carbonyl (C=O) groups is 1. The van der Waals surface area contributed by atoms with Crippen LogP contribution in [0.15, 0.2) is 71.8 Å². The number of nitrogens with zero attached hydrogens (tertiary/aromatic N) is 1. The van der Waals surface area contributed by atoms with Crippen LogP contribution in [0.2, 0.25) is 0 Å². The number of H-pyrrole nitrogens is 1. The Bertz CT molecular complexity index is 1250. The summed E-state index contributed by atoms with van der Waals surface area (Å²) in [5.74, 6) is -0.612. The Kier molecular flexibility index (Phi) is 4.25. The molecule has 28 heavy (non-hydrogen) atoms. The highest BCUT2D eigenvalue weighted by Crippen LogP contribution is 2.32. The second-order valence-electron chi connectivity index (χ2n) is 6.09. The number of hydrogen-bond acceptors (Lipinski definition) is 6. The van der Waals surface area contributed by atoms with Gasteiger partial charge in [0.15, 0.2) is 5.43 Å². The van der Waals surface area contributed by atoms with Crippen LogP contribution >= 0.6 is 0 Å². The van der Waals surface area contributed by atoms with E-state index < -0.39 is 5.97 Å². The molecule has 0 saturated carbocycles. The van der Waals surface area contributed by atoms with Gasteiger partial charge in [-0.25, -0.2) is 4.79 Å². The Morgan fingerprint density at radius 1 is 1.04 bits per heavy atom. The van der Waals surface area contributed by atoms with Crippen LogP contribution in [0.3, 0.4) is 0 Å². The number of nitrogens with one attached hydrogen (secondary N) is 1. The standard InChI is InChI=1S/C21H14N2O5/c24-13-3-5-15-17(8-13)23-18(10-20(15)26)16-6-4-14(9-19(16)25)28-21(27)12-2-1-7-22-11-12/h1-11,24-25H,(H,23,26). The Labute approximate surface area is 158 Å². The second-order valence-corrected chi connectivity index (χ2v) is 6.09. The molecule has 0 aliphatic heterocycles. The third-order valence-electron chi connectivity index (χ3n) is 4.18. The Hall–Kier alpha value is -4.13. The molecule has 0 amide bonds. The molecule has 0 bridgehead atoms. The van der Waals surface area contributed by atoms with Gasteiger partial charge in [0, 0.05) is 41.5 Å². The molecule has 0 aliphatic rings. The fraction of sp³-hybridized carbons (Fsp3) is 0. The van der Waals surface area contributed by atoms with Crippen LogP contribution < -0.4 is 10.2 Å². The summed E-state index contributed by atoms with van der Waals surface area (Å²) in [6, 6.07) is 13.2. The number of benzene rings is 2. The number of ether oxygens (including phenoxy) is 1. The van der Waals surface area contributed by atoms with Gasteiger partial charge in [0.05, 0.1) is 16.8 Å². The normalized spacial score (nSPS) is 10.7. The molecular weight excluding hydrogens is 360 g/mol. The van der Waals surface area contributed by atoms with E-state index in [1.165, 1.54) is 48.7 Å². The molecule has 0 aliphatic carbocycles. The van der Waals surface area contributed by atoms with E-state index in [4.69, 9.17) is 4.74 Å². The monoisotopic (exact) mass is 374 g/mol. The average molecular weight is 374 g/mol. The third-order valence-corrected chi connectivity index (χ3v) is 4.18. The largest absolute Gasteiger partial charge is 0.508 e. The summed E-state index contributed by atoms with van der Waals surface area (Å²) >= 11 is 0. The van der Waals surface area contributed by atoms with Crippen LogP contribution in [-0.4, -0.2) is 26.2 Å². The maximum atomic E-state index is 12.3. The summed E-state index contributed by atoms with van der Waals surface area (Å²) in [5, 5.41) is 20.4. The lowest BCUT2D eigenvalue weighted by Crippen LogP contribution is -2.08. The van der Waals surface area contributed by atoms with Crippen molar-refractivity contribution in [3.8, 4) is 28.5 Å². The van der Waals surface area contributed by atoms with E-state index >= 15 is 0 Å². The average Bonchev–Trinajstić information content (AvgIpc) is 2.68. The molecule has 138 valence electrons. The van der Waals surface area contributed by atoms with Crippen molar-refractivity contribution in [1.82, 2.24) is 9.97 Å². The first-order valence-electron chi connectivity index (χ1n) is 8.33. The summed E-state index contributed by atoms with van der Waals surface area (Å²) in [6.45, 7) is 0. The molecule has 3 N–H and O–H groups in total. The summed E-state index contributed by atoms with van der Waals surface area (Å²) in [6.07, 6.45) is 2.92. The lowest BCUT2D eigenvalue weighted by Gasteiger charge is -2.09. The van der Waals surface area contributed by atoms with Crippen LogP contribution in [0.1, 0.15) is 10.4 Å². The van der Waals surface area contributed by atoms with Gasteiger partial charge in [-0.2, -0.15) is 0 Å². The highest BCUT2D eigenvalue weighted by atomic mass is 16.5. The predicted octanol–water partition coefficient (Wildman–Crippen LogP) is 3.22. The molecule has 7 nitrogen and oxygen atoms in total. The fourth-order valence-corrected chi connectivity index (χ4v) is 2.84. The zero-order valence-corrected chi connectivity index (χ0v) is 14.4. The lowest BCUT2D eigenvalue weighted by atomic mass is 10.1. The van der Waals surface area contributed by atoms with Crippen LogP contribution in [0.5, 0.6) is 17.2 Å². The number of aromatic hydroxyl groups is 2. The molecule has 2 heterocycles. The fourth-order valence-electron chi connectivity index (χ4n) is 2.84. The number of pyridine rings is 2. The summed E-state index contributed by atoms with van der Waals surface area (Å²) < 4.78 is 5.24. The number of hydrogen-bond donors (Lipinski definition) is 3. The second kappa shape index (κ2) is 6.88. The van der Waals surface area contributed by atoms with Gasteiger partial charge in [0.2, 0.25) is 0 Å². The molecule has 0 radical (unpaired) electrons. The first-order valence-corrected chi connectivity index (χ1v) is 8.33. The van der Waals surface area contributed by atoms with E-state index in [-0.39, 0.29) is 28.2 Å². The summed E-state index contributed by atoms with van der Waals surface area (Å²) in [7, 11) is 0. The van der Waals surface area contributed by atoms with E-state index in [2.05, 4.69) is 9.97 Å². The maximum absolute atomic E-state index is 12.3. The predicted molar refractivity (Wildman–Crippen MR) is 103 cm³/mol. The lowest BCUT2D eigenvalue weighted by molar-refractivity contribution is 0.0734. The highest BCUT2D eigenvalue weighted by Gasteiger charge is 2.13. The van der Waals surface area contributed by atoms with Crippen molar-refractivity contribution in [2.45, 2.75) is 0 Å². The van der Waals surface area contributed by atoms with E-state index in [1.807, 2.05) is 0 Å². The van der Waals surface area contributed by atoms with Gasteiger partial charge in [-0.1, -0.05) is 0 Å². The third kappa shape index (κ3) is 3.28. The molecule has 0 spiro atoms. The number of rotatable bonds is 3. The Morgan fingerprint density at radius 3 is 2.64 bits per heavy atom. The van der Waals surface area contributed by atoms with Crippen molar-refractivity contribution >= 4 is 16.9 Å². The number of phenolic OH excluding ortho intramolecular Hbond substituents is 2. The molecule has 0 unspecified atom stereocenters. The van der Waals surface area contributed by atoms with Crippen LogP contribution in [-0.2, 0) is 0 Å². The van der Waals surface area contributed by atoms with Crippen molar-refractivity contribution in [2.75, 3.05) is 0 Å². The SMILES string of the molecule is O=C(Oc1ccc(-c2cc(=O)c3ccc(O)cc3[nH]2)c(O)c1)c1cccnc1. The molecule has 7 heteroatoms. The first-order chi connectivity index (χ1) is 13.5.